The van der Waals surface area contributed by atoms with Gasteiger partial charge in [-0.2, -0.15) is 0 Å². The normalized spacial score (nSPS) is 15.8. The third kappa shape index (κ3) is 10.00. The van der Waals surface area contributed by atoms with Gasteiger partial charge in [-0.3, -0.25) is 4.52 Å². The molecule has 7 heteroatoms. The van der Waals surface area contributed by atoms with E-state index < -0.39 is 7.82 Å². The minimum absolute atomic E-state index is 0.0872. The van der Waals surface area contributed by atoms with Crippen molar-refractivity contribution < 1.29 is 27.8 Å². The first-order valence-corrected chi connectivity index (χ1v) is 7.66. The second-order valence-electron chi connectivity index (χ2n) is 6.71. The lowest BCUT2D eigenvalue weighted by molar-refractivity contribution is -0.898. The van der Waals surface area contributed by atoms with Crippen molar-refractivity contribution in [1.82, 2.24) is 0 Å². The number of nitrogens with zero attached hydrogens (tertiary/aromatic N) is 2. The van der Waals surface area contributed by atoms with Crippen LogP contribution < -0.4 is 0 Å². The number of phosphoric ester groups is 1. The van der Waals surface area contributed by atoms with Gasteiger partial charge >= 0.3 is 7.82 Å². The second kappa shape index (κ2) is 6.46. The molecule has 6 nitrogen and oxygen atoms in total. The highest BCUT2D eigenvalue weighted by molar-refractivity contribution is 7.46. The summed E-state index contributed by atoms with van der Waals surface area (Å²) in [5.41, 5.74) is 0. The molecule has 0 aliphatic heterocycles. The van der Waals surface area contributed by atoms with Crippen LogP contribution in [0.1, 0.15) is 12.8 Å². The van der Waals surface area contributed by atoms with E-state index >= 15 is 0 Å². The molecule has 0 radical (unpaired) electrons. The standard InChI is InChI=1S/C11H27N2O4P/c1-12(2,3)9-7-8-11(13(4,5)6)10-17-18(14,15)16/h11H,7-10H2,1-6H3/p+2. The van der Waals surface area contributed by atoms with Crippen LogP contribution in [0.3, 0.4) is 0 Å². The molecule has 0 bridgehead atoms. The van der Waals surface area contributed by atoms with Gasteiger partial charge in [0.1, 0.15) is 12.6 Å². The molecule has 0 aromatic carbocycles. The lowest BCUT2D eigenvalue weighted by Crippen LogP contribution is -2.48. The Balaban J connectivity index is 4.31. The summed E-state index contributed by atoms with van der Waals surface area (Å²) in [4.78, 5) is 17.5. The molecule has 0 heterocycles. The molecule has 0 spiro atoms. The third-order valence-electron chi connectivity index (χ3n) is 2.90. The highest BCUT2D eigenvalue weighted by Crippen LogP contribution is 2.36. The molecule has 0 fully saturated rings. The number of rotatable bonds is 8. The maximum absolute atomic E-state index is 10.8. The molecule has 1 unspecified atom stereocenters. The van der Waals surface area contributed by atoms with Crippen LogP contribution in [0.4, 0.5) is 0 Å². The van der Waals surface area contributed by atoms with Crippen molar-refractivity contribution >= 4 is 7.82 Å². The summed E-state index contributed by atoms with van der Waals surface area (Å²) in [6.45, 7) is 1.12. The van der Waals surface area contributed by atoms with E-state index in [0.29, 0.717) is 4.48 Å². The third-order valence-corrected chi connectivity index (χ3v) is 3.38. The number of hydrogen-bond acceptors (Lipinski definition) is 2. The molecule has 0 rings (SSSR count). The van der Waals surface area contributed by atoms with Crippen LogP contribution >= 0.6 is 7.82 Å². The van der Waals surface area contributed by atoms with Gasteiger partial charge in [0.25, 0.3) is 0 Å². The predicted octanol–water partition coefficient (Wildman–Crippen LogP) is 0.657. The Morgan fingerprint density at radius 1 is 1.11 bits per heavy atom. The molecule has 0 aliphatic rings. The fourth-order valence-electron chi connectivity index (χ4n) is 1.68. The van der Waals surface area contributed by atoms with E-state index in [1.54, 1.807) is 0 Å². The maximum Gasteiger partial charge on any atom is 0.469 e. The SMILES string of the molecule is C[N+](C)(C)CCCC(COP(=O)(O)O)[N+](C)(C)C. The van der Waals surface area contributed by atoms with Gasteiger partial charge in [-0.1, -0.05) is 0 Å². The van der Waals surface area contributed by atoms with E-state index in [0.717, 1.165) is 23.9 Å². The van der Waals surface area contributed by atoms with Crippen LogP contribution in [0.2, 0.25) is 0 Å². The van der Waals surface area contributed by atoms with Gasteiger partial charge in [0.05, 0.1) is 48.8 Å². The topological polar surface area (TPSA) is 66.8 Å². The number of likely N-dealkylation sites (N-methyl/N-ethyl adjacent to an activating group) is 1. The molecule has 0 aromatic rings. The molecule has 1 atom stereocenters. The fraction of sp³-hybridized carbons (Fsp3) is 1.00. The van der Waals surface area contributed by atoms with Crippen molar-refractivity contribution in [3.05, 3.63) is 0 Å². The molecule has 0 saturated carbocycles. The molecule has 0 aliphatic carbocycles. The van der Waals surface area contributed by atoms with Gasteiger partial charge in [-0.25, -0.2) is 4.57 Å². The minimum atomic E-state index is -4.37. The lowest BCUT2D eigenvalue weighted by Gasteiger charge is -2.34. The van der Waals surface area contributed by atoms with Crippen molar-refractivity contribution in [2.24, 2.45) is 0 Å². The molecule has 0 saturated heterocycles. The first kappa shape index (κ1) is 18.0. The fourth-order valence-corrected chi connectivity index (χ4v) is 2.04. The summed E-state index contributed by atoms with van der Waals surface area (Å²) in [5.74, 6) is 0. The molecule has 0 amide bonds. The average molecular weight is 284 g/mol. The Morgan fingerprint density at radius 2 is 1.61 bits per heavy atom. The Labute approximate surface area is 111 Å². The van der Waals surface area contributed by atoms with Gasteiger partial charge < -0.3 is 18.8 Å². The molecule has 2 N–H and O–H groups in total. The van der Waals surface area contributed by atoms with Crippen molar-refractivity contribution in [2.45, 2.75) is 18.9 Å². The predicted molar refractivity (Wildman–Crippen MR) is 71.9 cm³/mol. The zero-order chi connectivity index (χ0) is 14.6. The molecule has 110 valence electrons. The van der Waals surface area contributed by atoms with E-state index in [-0.39, 0.29) is 12.6 Å². The van der Waals surface area contributed by atoms with Crippen LogP contribution in [0, 0.1) is 0 Å². The number of quaternary nitrogens is 2. The zero-order valence-corrected chi connectivity index (χ0v) is 13.4. The van der Waals surface area contributed by atoms with Gasteiger partial charge in [-0.15, -0.1) is 0 Å². The first-order chi connectivity index (χ1) is 7.81. The number of hydrogen-bond donors (Lipinski definition) is 2. The van der Waals surface area contributed by atoms with Crippen LogP contribution in [0.5, 0.6) is 0 Å². The highest BCUT2D eigenvalue weighted by Gasteiger charge is 2.28. The smallest absolute Gasteiger partial charge is 0.331 e. The van der Waals surface area contributed by atoms with Crippen molar-refractivity contribution in [3.63, 3.8) is 0 Å². The summed E-state index contributed by atoms with van der Waals surface area (Å²) in [6.07, 6.45) is 1.90. The summed E-state index contributed by atoms with van der Waals surface area (Å²) >= 11 is 0. The minimum Gasteiger partial charge on any atom is -0.331 e. The van der Waals surface area contributed by atoms with Gasteiger partial charge in [-0.05, 0) is 0 Å². The summed E-state index contributed by atoms with van der Waals surface area (Å²) < 4.78 is 16.9. The monoisotopic (exact) mass is 284 g/mol. The lowest BCUT2D eigenvalue weighted by atomic mass is 10.1. The van der Waals surface area contributed by atoms with Crippen LogP contribution in [-0.4, -0.2) is 80.2 Å². The Kier molecular flexibility index (Phi) is 6.47. The Hall–Kier alpha value is 0.0300. The van der Waals surface area contributed by atoms with Crippen molar-refractivity contribution in [2.75, 3.05) is 55.4 Å². The van der Waals surface area contributed by atoms with Crippen molar-refractivity contribution in [3.8, 4) is 0 Å². The van der Waals surface area contributed by atoms with Crippen molar-refractivity contribution in [1.29, 1.82) is 0 Å². The number of phosphoric acid groups is 1. The molecular weight excluding hydrogens is 255 g/mol. The summed E-state index contributed by atoms with van der Waals surface area (Å²) in [7, 11) is 8.07. The molecule has 0 aromatic heterocycles. The maximum atomic E-state index is 10.8. The highest BCUT2D eigenvalue weighted by atomic mass is 31.2. The van der Waals surface area contributed by atoms with E-state index in [2.05, 4.69) is 25.7 Å². The second-order valence-corrected chi connectivity index (χ2v) is 7.95. The summed E-state index contributed by atoms with van der Waals surface area (Å²) in [5, 5.41) is 0. The first-order valence-electron chi connectivity index (χ1n) is 6.13. The van der Waals surface area contributed by atoms with Gasteiger partial charge in [0.2, 0.25) is 0 Å². The average Bonchev–Trinajstić information content (AvgIpc) is 2.04. The summed E-state index contributed by atoms with van der Waals surface area (Å²) in [6, 6.07) is 0.0872. The van der Waals surface area contributed by atoms with Gasteiger partial charge in [0, 0.05) is 12.8 Å². The van der Waals surface area contributed by atoms with Crippen LogP contribution in [0.25, 0.3) is 0 Å². The van der Waals surface area contributed by atoms with E-state index in [9.17, 15) is 4.57 Å². The van der Waals surface area contributed by atoms with E-state index in [1.165, 1.54) is 0 Å². The van der Waals surface area contributed by atoms with E-state index in [1.807, 2.05) is 21.1 Å². The Morgan fingerprint density at radius 3 is 1.94 bits per heavy atom. The quantitative estimate of drug-likeness (QED) is 0.507. The van der Waals surface area contributed by atoms with Gasteiger partial charge in [0.15, 0.2) is 0 Å². The molecular formula is C11H29N2O4P+2. The zero-order valence-electron chi connectivity index (χ0n) is 12.5. The van der Waals surface area contributed by atoms with Crippen LogP contribution in [-0.2, 0) is 9.09 Å². The Bertz CT molecular complexity index is 290. The largest absolute Gasteiger partial charge is 0.469 e. The molecule has 18 heavy (non-hydrogen) atoms. The van der Waals surface area contributed by atoms with Crippen LogP contribution in [0.15, 0.2) is 0 Å². The van der Waals surface area contributed by atoms with E-state index in [4.69, 9.17) is 9.79 Å².